The average molecular weight is 264 g/mol. The summed E-state index contributed by atoms with van der Waals surface area (Å²) < 4.78 is 4.62. The number of pyridine rings is 1. The summed E-state index contributed by atoms with van der Waals surface area (Å²) >= 11 is 0. The number of hydrogen-bond acceptors (Lipinski definition) is 5. The number of ether oxygens (including phenoxy) is 1. The minimum absolute atomic E-state index is 0.142. The summed E-state index contributed by atoms with van der Waals surface area (Å²) in [6.45, 7) is 4.61. The molecule has 0 aromatic carbocycles. The van der Waals surface area contributed by atoms with Crippen LogP contribution in [0.3, 0.4) is 0 Å². The number of amides is 1. The van der Waals surface area contributed by atoms with Gasteiger partial charge < -0.3 is 20.3 Å². The predicted molar refractivity (Wildman–Crippen MR) is 74.6 cm³/mol. The lowest BCUT2D eigenvalue weighted by molar-refractivity contribution is 0.167. The molecule has 1 aliphatic heterocycles. The maximum absolute atomic E-state index is 11.2. The Morgan fingerprint density at radius 1 is 1.63 bits per heavy atom. The van der Waals surface area contributed by atoms with Crippen LogP contribution in [0.1, 0.15) is 13.3 Å². The number of carbonyl (C=O) groups excluding carboxylic acids is 1. The van der Waals surface area contributed by atoms with Gasteiger partial charge in [0.1, 0.15) is 5.82 Å². The van der Waals surface area contributed by atoms with Crippen molar-refractivity contribution in [3.05, 3.63) is 18.3 Å². The number of carbonyl (C=O) groups is 1. The SMILES string of the molecule is CCNc1cc(N2CCC(NC(=O)OC)C2)ccn1. The van der Waals surface area contributed by atoms with Gasteiger partial charge in [0, 0.05) is 37.6 Å². The summed E-state index contributed by atoms with van der Waals surface area (Å²) in [5.41, 5.74) is 1.13. The van der Waals surface area contributed by atoms with Gasteiger partial charge in [-0.3, -0.25) is 0 Å². The molecule has 1 fully saturated rings. The highest BCUT2D eigenvalue weighted by Crippen LogP contribution is 2.22. The molecule has 0 saturated carbocycles. The van der Waals surface area contributed by atoms with Crippen LogP contribution in [0.2, 0.25) is 0 Å². The maximum Gasteiger partial charge on any atom is 0.407 e. The van der Waals surface area contributed by atoms with E-state index in [0.29, 0.717) is 0 Å². The lowest BCUT2D eigenvalue weighted by Gasteiger charge is -2.19. The summed E-state index contributed by atoms with van der Waals surface area (Å²) in [5.74, 6) is 0.879. The first-order chi connectivity index (χ1) is 9.22. The van der Waals surface area contributed by atoms with Crippen LogP contribution < -0.4 is 15.5 Å². The topological polar surface area (TPSA) is 66.5 Å². The molecule has 1 amide bonds. The average Bonchev–Trinajstić information content (AvgIpc) is 2.88. The van der Waals surface area contributed by atoms with Crippen molar-refractivity contribution in [2.75, 3.05) is 37.0 Å². The Hall–Kier alpha value is -1.98. The molecule has 6 nitrogen and oxygen atoms in total. The van der Waals surface area contributed by atoms with Crippen molar-refractivity contribution in [3.63, 3.8) is 0 Å². The molecule has 1 atom stereocenters. The molecule has 0 spiro atoms. The van der Waals surface area contributed by atoms with E-state index in [9.17, 15) is 4.79 Å². The van der Waals surface area contributed by atoms with Crippen molar-refractivity contribution < 1.29 is 9.53 Å². The van der Waals surface area contributed by atoms with E-state index in [2.05, 4.69) is 25.3 Å². The van der Waals surface area contributed by atoms with Crippen LogP contribution >= 0.6 is 0 Å². The number of hydrogen-bond donors (Lipinski definition) is 2. The van der Waals surface area contributed by atoms with Crippen LogP contribution in [-0.4, -0.2) is 43.9 Å². The van der Waals surface area contributed by atoms with E-state index in [0.717, 1.165) is 37.6 Å². The van der Waals surface area contributed by atoms with Crippen molar-refractivity contribution in [1.82, 2.24) is 10.3 Å². The van der Waals surface area contributed by atoms with Crippen LogP contribution in [-0.2, 0) is 4.74 Å². The van der Waals surface area contributed by atoms with E-state index in [1.807, 2.05) is 19.1 Å². The zero-order valence-electron chi connectivity index (χ0n) is 11.3. The number of nitrogens with one attached hydrogen (secondary N) is 2. The number of methoxy groups -OCH3 is 1. The predicted octanol–water partition coefficient (Wildman–Crippen LogP) is 1.45. The Labute approximate surface area is 113 Å². The quantitative estimate of drug-likeness (QED) is 0.861. The van der Waals surface area contributed by atoms with Crippen LogP contribution in [0.5, 0.6) is 0 Å². The highest BCUT2D eigenvalue weighted by atomic mass is 16.5. The molecular weight excluding hydrogens is 244 g/mol. The second-order valence-electron chi connectivity index (χ2n) is 4.50. The molecule has 19 heavy (non-hydrogen) atoms. The lowest BCUT2D eigenvalue weighted by Crippen LogP contribution is -2.36. The van der Waals surface area contributed by atoms with Crippen LogP contribution in [0.4, 0.5) is 16.3 Å². The molecule has 2 N–H and O–H groups in total. The van der Waals surface area contributed by atoms with Crippen LogP contribution in [0.25, 0.3) is 0 Å². The molecule has 6 heteroatoms. The first-order valence-electron chi connectivity index (χ1n) is 6.52. The van der Waals surface area contributed by atoms with Crippen molar-refractivity contribution >= 4 is 17.6 Å². The molecule has 0 radical (unpaired) electrons. The number of anilines is 2. The van der Waals surface area contributed by atoms with Crippen molar-refractivity contribution in [3.8, 4) is 0 Å². The second kappa shape index (κ2) is 6.26. The van der Waals surface area contributed by atoms with Gasteiger partial charge in [0.05, 0.1) is 13.2 Å². The Morgan fingerprint density at radius 3 is 3.21 bits per heavy atom. The first-order valence-corrected chi connectivity index (χ1v) is 6.52. The summed E-state index contributed by atoms with van der Waals surface area (Å²) in [7, 11) is 1.38. The summed E-state index contributed by atoms with van der Waals surface area (Å²) in [6.07, 6.45) is 2.36. The summed E-state index contributed by atoms with van der Waals surface area (Å²) in [5, 5.41) is 6.03. The largest absolute Gasteiger partial charge is 0.453 e. The number of rotatable bonds is 4. The smallest absolute Gasteiger partial charge is 0.407 e. The number of nitrogens with zero attached hydrogens (tertiary/aromatic N) is 2. The Bertz CT molecular complexity index is 438. The molecule has 2 rings (SSSR count). The van der Waals surface area contributed by atoms with E-state index >= 15 is 0 Å². The van der Waals surface area contributed by atoms with Gasteiger partial charge in [-0.05, 0) is 19.4 Å². The highest BCUT2D eigenvalue weighted by Gasteiger charge is 2.24. The van der Waals surface area contributed by atoms with Crippen LogP contribution in [0, 0.1) is 0 Å². The zero-order chi connectivity index (χ0) is 13.7. The van der Waals surface area contributed by atoms with E-state index in [-0.39, 0.29) is 12.1 Å². The molecule has 1 aromatic rings. The molecule has 104 valence electrons. The van der Waals surface area contributed by atoms with Gasteiger partial charge in [-0.25, -0.2) is 9.78 Å². The van der Waals surface area contributed by atoms with Gasteiger partial charge in [-0.2, -0.15) is 0 Å². The Balaban J connectivity index is 1.96. The zero-order valence-corrected chi connectivity index (χ0v) is 11.3. The fraction of sp³-hybridized carbons (Fsp3) is 0.538. The van der Waals surface area contributed by atoms with Gasteiger partial charge in [-0.15, -0.1) is 0 Å². The van der Waals surface area contributed by atoms with Gasteiger partial charge >= 0.3 is 6.09 Å². The molecular formula is C13H20N4O2. The molecule has 1 unspecified atom stereocenters. The highest BCUT2D eigenvalue weighted by molar-refractivity contribution is 5.67. The van der Waals surface area contributed by atoms with Gasteiger partial charge in [0.25, 0.3) is 0 Å². The van der Waals surface area contributed by atoms with E-state index < -0.39 is 0 Å². The first kappa shape index (κ1) is 13.5. The van der Waals surface area contributed by atoms with E-state index in [1.165, 1.54) is 7.11 Å². The third-order valence-corrected chi connectivity index (χ3v) is 3.16. The summed E-state index contributed by atoms with van der Waals surface area (Å²) in [4.78, 5) is 17.7. The minimum Gasteiger partial charge on any atom is -0.453 e. The minimum atomic E-state index is -0.366. The van der Waals surface area contributed by atoms with Crippen molar-refractivity contribution in [2.24, 2.45) is 0 Å². The third kappa shape index (κ3) is 3.49. The molecule has 2 heterocycles. The fourth-order valence-corrected chi connectivity index (χ4v) is 2.23. The molecule has 1 aliphatic rings. The lowest BCUT2D eigenvalue weighted by atomic mass is 10.3. The molecule has 1 aromatic heterocycles. The number of aromatic nitrogens is 1. The summed E-state index contributed by atoms with van der Waals surface area (Å²) in [6, 6.07) is 4.16. The van der Waals surface area contributed by atoms with Crippen molar-refractivity contribution in [1.29, 1.82) is 0 Å². The van der Waals surface area contributed by atoms with Gasteiger partial charge in [-0.1, -0.05) is 0 Å². The third-order valence-electron chi connectivity index (χ3n) is 3.16. The monoisotopic (exact) mass is 264 g/mol. The van der Waals surface area contributed by atoms with Crippen molar-refractivity contribution in [2.45, 2.75) is 19.4 Å². The fourth-order valence-electron chi connectivity index (χ4n) is 2.23. The number of alkyl carbamates (subject to hydrolysis) is 1. The van der Waals surface area contributed by atoms with Gasteiger partial charge in [0.15, 0.2) is 0 Å². The molecule has 1 saturated heterocycles. The normalized spacial score (nSPS) is 18.2. The van der Waals surface area contributed by atoms with E-state index in [4.69, 9.17) is 0 Å². The Morgan fingerprint density at radius 2 is 2.47 bits per heavy atom. The molecule has 0 aliphatic carbocycles. The Kier molecular flexibility index (Phi) is 4.43. The van der Waals surface area contributed by atoms with E-state index in [1.54, 1.807) is 6.20 Å². The molecule has 0 bridgehead atoms. The maximum atomic E-state index is 11.2. The van der Waals surface area contributed by atoms with Gasteiger partial charge in [0.2, 0.25) is 0 Å². The van der Waals surface area contributed by atoms with Crippen LogP contribution in [0.15, 0.2) is 18.3 Å². The standard InChI is InChI=1S/C13H20N4O2/c1-3-14-12-8-11(4-6-15-12)17-7-5-10(9-17)16-13(18)19-2/h4,6,8,10H,3,5,7,9H2,1-2H3,(H,14,15)(H,16,18). The second-order valence-corrected chi connectivity index (χ2v) is 4.50.